The number of nitrogens with zero attached hydrogens (tertiary/aromatic N) is 3. The van der Waals surface area contributed by atoms with Gasteiger partial charge in [0.15, 0.2) is 0 Å². The maximum atomic E-state index is 12.8. The van der Waals surface area contributed by atoms with Crippen molar-refractivity contribution >= 4 is 40.4 Å². The molecule has 0 aliphatic rings. The number of carboxylic acid groups (broad SMARTS) is 1. The molecule has 4 aromatic rings. The summed E-state index contributed by atoms with van der Waals surface area (Å²) in [6.07, 6.45) is 5.08. The first-order valence-electron chi connectivity index (χ1n) is 9.60. The molecule has 0 fully saturated rings. The predicted octanol–water partition coefficient (Wildman–Crippen LogP) is 4.47. The molecule has 2 heterocycles. The van der Waals surface area contributed by atoms with Crippen LogP contribution in [0.5, 0.6) is 0 Å². The van der Waals surface area contributed by atoms with Crippen molar-refractivity contribution in [2.24, 2.45) is 0 Å². The van der Waals surface area contributed by atoms with Crippen LogP contribution in [0.3, 0.4) is 0 Å². The highest BCUT2D eigenvalue weighted by Crippen LogP contribution is 2.28. The molecule has 7 nitrogen and oxygen atoms in total. The Bertz CT molecular complexity index is 1240. The highest BCUT2D eigenvalue weighted by atomic mass is 32.2. The van der Waals surface area contributed by atoms with Crippen molar-refractivity contribution in [3.63, 3.8) is 0 Å². The first-order valence-corrected chi connectivity index (χ1v) is 10.8. The molecule has 4 rings (SSSR count). The van der Waals surface area contributed by atoms with Crippen LogP contribution in [-0.4, -0.2) is 37.8 Å². The van der Waals surface area contributed by atoms with E-state index in [-0.39, 0.29) is 12.3 Å². The summed E-state index contributed by atoms with van der Waals surface area (Å²) in [6, 6.07) is 17.9. The Hall–Kier alpha value is -3.65. The standard InChI is InChI=1S/C23H20N4O3S/c1-31-23-17(8-5-11-24-23)22(30)26-16-9-10-18-20(12-16)27(14-25-18)19(13-21(28)29)15-6-3-2-4-7-15/h2-12,14,19H,13H2,1H3,(H,26,30)(H,28,29). The van der Waals surface area contributed by atoms with E-state index >= 15 is 0 Å². The van der Waals surface area contributed by atoms with E-state index in [0.717, 1.165) is 16.6 Å². The van der Waals surface area contributed by atoms with E-state index in [4.69, 9.17) is 0 Å². The zero-order chi connectivity index (χ0) is 21.8. The van der Waals surface area contributed by atoms with Crippen LogP contribution in [-0.2, 0) is 4.79 Å². The van der Waals surface area contributed by atoms with Crippen LogP contribution in [0.15, 0.2) is 78.2 Å². The molecule has 31 heavy (non-hydrogen) atoms. The summed E-state index contributed by atoms with van der Waals surface area (Å²) in [7, 11) is 0. The van der Waals surface area contributed by atoms with E-state index in [1.165, 1.54) is 11.8 Å². The normalized spacial score (nSPS) is 11.9. The summed E-state index contributed by atoms with van der Waals surface area (Å²) in [5.41, 5.74) is 3.42. The number of fused-ring (bicyclic) bond motifs is 1. The van der Waals surface area contributed by atoms with E-state index in [1.807, 2.05) is 53.3 Å². The third kappa shape index (κ3) is 4.44. The minimum atomic E-state index is -0.902. The SMILES string of the molecule is CSc1ncccc1C(=O)Nc1ccc2ncn(C(CC(=O)O)c3ccccc3)c2c1. The van der Waals surface area contributed by atoms with Crippen molar-refractivity contribution in [2.75, 3.05) is 11.6 Å². The van der Waals surface area contributed by atoms with Gasteiger partial charge in [-0.3, -0.25) is 9.59 Å². The number of amides is 1. The van der Waals surface area contributed by atoms with Gasteiger partial charge < -0.3 is 15.0 Å². The first kappa shape index (κ1) is 20.6. The number of pyridine rings is 1. The molecule has 1 unspecified atom stereocenters. The Morgan fingerprint density at radius 3 is 2.65 bits per heavy atom. The third-order valence-electron chi connectivity index (χ3n) is 4.93. The number of hydrogen-bond acceptors (Lipinski definition) is 5. The van der Waals surface area contributed by atoms with Gasteiger partial charge in [-0.1, -0.05) is 30.3 Å². The smallest absolute Gasteiger partial charge is 0.305 e. The largest absolute Gasteiger partial charge is 0.481 e. The number of rotatable bonds is 7. The molecule has 0 saturated heterocycles. The summed E-state index contributed by atoms with van der Waals surface area (Å²) < 4.78 is 1.84. The molecule has 2 aromatic heterocycles. The Balaban J connectivity index is 1.70. The number of aromatic nitrogens is 3. The molecule has 0 aliphatic carbocycles. The maximum absolute atomic E-state index is 12.8. The number of benzene rings is 2. The van der Waals surface area contributed by atoms with E-state index in [1.54, 1.807) is 30.7 Å². The maximum Gasteiger partial charge on any atom is 0.305 e. The van der Waals surface area contributed by atoms with Crippen LogP contribution >= 0.6 is 11.8 Å². The van der Waals surface area contributed by atoms with Gasteiger partial charge in [0, 0.05) is 11.9 Å². The average Bonchev–Trinajstić information content (AvgIpc) is 3.21. The molecule has 0 aliphatic heterocycles. The Morgan fingerprint density at radius 2 is 1.90 bits per heavy atom. The second kappa shape index (κ2) is 9.01. The minimum Gasteiger partial charge on any atom is -0.481 e. The minimum absolute atomic E-state index is 0.0845. The van der Waals surface area contributed by atoms with Gasteiger partial charge in [-0.05, 0) is 42.2 Å². The molecule has 0 saturated carbocycles. The molecule has 2 N–H and O–H groups in total. The van der Waals surface area contributed by atoms with E-state index in [2.05, 4.69) is 15.3 Å². The highest BCUT2D eigenvalue weighted by molar-refractivity contribution is 7.98. The van der Waals surface area contributed by atoms with Crippen molar-refractivity contribution in [3.8, 4) is 0 Å². The van der Waals surface area contributed by atoms with E-state index in [9.17, 15) is 14.7 Å². The number of carbonyl (C=O) groups excluding carboxylic acids is 1. The molecule has 0 bridgehead atoms. The number of carbonyl (C=O) groups is 2. The monoisotopic (exact) mass is 432 g/mol. The summed E-state index contributed by atoms with van der Waals surface area (Å²) in [4.78, 5) is 33.0. The fraction of sp³-hybridized carbons (Fsp3) is 0.130. The molecule has 0 radical (unpaired) electrons. The summed E-state index contributed by atoms with van der Waals surface area (Å²) in [6.45, 7) is 0. The van der Waals surface area contributed by atoms with Gasteiger partial charge in [-0.25, -0.2) is 9.97 Å². The lowest BCUT2D eigenvalue weighted by molar-refractivity contribution is -0.137. The fourth-order valence-corrected chi connectivity index (χ4v) is 4.04. The molecular formula is C23H20N4O3S. The number of nitrogens with one attached hydrogen (secondary N) is 1. The number of carboxylic acids is 1. The summed E-state index contributed by atoms with van der Waals surface area (Å²) in [5, 5.41) is 13.0. The van der Waals surface area contributed by atoms with Gasteiger partial charge in [0.1, 0.15) is 5.03 Å². The number of anilines is 1. The average molecular weight is 433 g/mol. The van der Waals surface area contributed by atoms with E-state index < -0.39 is 12.0 Å². The van der Waals surface area contributed by atoms with Crippen LogP contribution in [0.4, 0.5) is 5.69 Å². The van der Waals surface area contributed by atoms with Gasteiger partial charge in [-0.2, -0.15) is 0 Å². The van der Waals surface area contributed by atoms with Gasteiger partial charge >= 0.3 is 5.97 Å². The third-order valence-corrected chi connectivity index (χ3v) is 5.64. The Kier molecular flexibility index (Phi) is 5.99. The van der Waals surface area contributed by atoms with Gasteiger partial charge in [0.2, 0.25) is 0 Å². The van der Waals surface area contributed by atoms with Crippen LogP contribution in [0.25, 0.3) is 11.0 Å². The second-order valence-electron chi connectivity index (χ2n) is 6.89. The lowest BCUT2D eigenvalue weighted by Crippen LogP contribution is -2.15. The number of hydrogen-bond donors (Lipinski definition) is 2. The first-order chi connectivity index (χ1) is 15.1. The Morgan fingerprint density at radius 1 is 1.10 bits per heavy atom. The van der Waals surface area contributed by atoms with Crippen LogP contribution in [0.2, 0.25) is 0 Å². The molecule has 1 amide bonds. The zero-order valence-electron chi connectivity index (χ0n) is 16.7. The summed E-state index contributed by atoms with van der Waals surface area (Å²) >= 11 is 1.41. The van der Waals surface area contributed by atoms with Crippen LogP contribution in [0, 0.1) is 0 Å². The van der Waals surface area contributed by atoms with Crippen LogP contribution < -0.4 is 5.32 Å². The van der Waals surface area contributed by atoms with Crippen molar-refractivity contribution in [2.45, 2.75) is 17.5 Å². The van der Waals surface area contributed by atoms with Gasteiger partial charge in [0.25, 0.3) is 5.91 Å². The molecule has 2 aromatic carbocycles. The van der Waals surface area contributed by atoms with Crippen molar-refractivity contribution in [1.29, 1.82) is 0 Å². The number of thioether (sulfide) groups is 1. The lowest BCUT2D eigenvalue weighted by Gasteiger charge is -2.18. The highest BCUT2D eigenvalue weighted by Gasteiger charge is 2.20. The Labute approximate surface area is 183 Å². The summed E-state index contributed by atoms with van der Waals surface area (Å²) in [5.74, 6) is -1.16. The fourth-order valence-electron chi connectivity index (χ4n) is 3.49. The second-order valence-corrected chi connectivity index (χ2v) is 7.69. The molecule has 8 heteroatoms. The van der Waals surface area contributed by atoms with Crippen LogP contribution in [0.1, 0.15) is 28.4 Å². The van der Waals surface area contributed by atoms with Gasteiger partial charge in [0.05, 0.1) is 35.4 Å². The molecule has 1 atom stereocenters. The predicted molar refractivity (Wildman–Crippen MR) is 121 cm³/mol. The zero-order valence-corrected chi connectivity index (χ0v) is 17.5. The van der Waals surface area contributed by atoms with Gasteiger partial charge in [-0.15, -0.1) is 11.8 Å². The topological polar surface area (TPSA) is 97.1 Å². The van der Waals surface area contributed by atoms with Crippen molar-refractivity contribution in [1.82, 2.24) is 14.5 Å². The van der Waals surface area contributed by atoms with E-state index in [0.29, 0.717) is 16.3 Å². The number of imidazole rings is 1. The lowest BCUT2D eigenvalue weighted by atomic mass is 10.0. The molecule has 0 spiro atoms. The van der Waals surface area contributed by atoms with Crippen molar-refractivity contribution in [3.05, 3.63) is 84.3 Å². The number of aliphatic carboxylic acids is 1. The quantitative estimate of drug-likeness (QED) is 0.418. The van der Waals surface area contributed by atoms with Crippen molar-refractivity contribution < 1.29 is 14.7 Å². The molecular weight excluding hydrogens is 412 g/mol. The molecule has 156 valence electrons.